The molecular weight excluding hydrogens is 1140 g/mol. The predicted molar refractivity (Wildman–Crippen MR) is 344 cm³/mol. The average Bonchev–Trinajstić information content (AvgIpc) is 3.60. The van der Waals surface area contributed by atoms with Gasteiger partial charge in [-0.15, -0.1) is 0 Å². The van der Waals surface area contributed by atoms with Gasteiger partial charge in [0.2, 0.25) is 0 Å². The van der Waals surface area contributed by atoms with Gasteiger partial charge in [0.25, 0.3) is 0 Å². The standard InChI is InChI=1S/C67H130O17P2/c1-8-9-10-11-12-18-27-34-41-48-64(69)77-55-63(84-67(72)51-44-37-30-23-26-33-40-47-60(6)7)57-82-86(75,76)80-53-61(68)52-79-85(73,74)81-56-62(54-78-65(70)49-42-35-28-22-17-20-25-32-39-46-59(4)5)83-66(71)50-43-36-29-21-16-14-13-15-19-24-31-38-45-58(2)3/h58-63,68H,8-57H2,1-7H3,(H,73,74)(H,75,76)/t61-,62-,63-/m1/s1. The molecule has 0 spiro atoms. The molecule has 0 heterocycles. The highest BCUT2D eigenvalue weighted by Gasteiger charge is 2.30. The Hall–Kier alpha value is -1.94. The maximum atomic E-state index is 13.0. The molecule has 510 valence electrons. The molecule has 19 heteroatoms. The molecule has 0 bridgehead atoms. The first-order chi connectivity index (χ1) is 41.2. The number of unbranched alkanes of at least 4 members (excludes halogenated alkanes) is 33. The van der Waals surface area contributed by atoms with Crippen LogP contribution in [0.5, 0.6) is 0 Å². The highest BCUT2D eigenvalue weighted by molar-refractivity contribution is 7.47. The zero-order chi connectivity index (χ0) is 63.8. The van der Waals surface area contributed by atoms with Crippen LogP contribution in [0.1, 0.15) is 331 Å². The molecule has 0 saturated carbocycles. The van der Waals surface area contributed by atoms with Gasteiger partial charge in [0.15, 0.2) is 12.2 Å². The summed E-state index contributed by atoms with van der Waals surface area (Å²) < 4.78 is 68.1. The monoisotopic (exact) mass is 1270 g/mol. The SMILES string of the molecule is CCCCCCCCCCCC(=O)OC[C@H](COP(=O)(O)OC[C@H](O)COP(=O)(O)OC[C@@H](COC(=O)CCCCCCCCCCCC(C)C)OC(=O)CCCCCCCCCCCCCCC(C)C)OC(=O)CCCCCCCCCC(C)C. The van der Waals surface area contributed by atoms with Crippen molar-refractivity contribution in [3.63, 3.8) is 0 Å². The van der Waals surface area contributed by atoms with E-state index in [-0.39, 0.29) is 25.7 Å². The highest BCUT2D eigenvalue weighted by atomic mass is 31.2. The van der Waals surface area contributed by atoms with E-state index in [4.69, 9.17) is 37.0 Å². The molecule has 0 aliphatic heterocycles. The van der Waals surface area contributed by atoms with Crippen LogP contribution in [0.2, 0.25) is 0 Å². The summed E-state index contributed by atoms with van der Waals surface area (Å²) in [6.07, 6.45) is 40.4. The molecule has 0 aliphatic carbocycles. The third kappa shape index (κ3) is 60.9. The van der Waals surface area contributed by atoms with Crippen LogP contribution < -0.4 is 0 Å². The van der Waals surface area contributed by atoms with E-state index in [1.54, 1.807) is 0 Å². The van der Waals surface area contributed by atoms with E-state index < -0.39 is 97.5 Å². The van der Waals surface area contributed by atoms with Crippen LogP contribution in [-0.2, 0) is 65.4 Å². The van der Waals surface area contributed by atoms with Gasteiger partial charge in [-0.05, 0) is 43.4 Å². The average molecular weight is 1270 g/mol. The lowest BCUT2D eigenvalue weighted by atomic mass is 10.0. The molecule has 0 aromatic heterocycles. The Morgan fingerprint density at radius 2 is 0.535 bits per heavy atom. The van der Waals surface area contributed by atoms with Crippen molar-refractivity contribution in [3.05, 3.63) is 0 Å². The Kier molecular flexibility index (Phi) is 56.9. The van der Waals surface area contributed by atoms with E-state index in [2.05, 4.69) is 48.5 Å². The van der Waals surface area contributed by atoms with E-state index >= 15 is 0 Å². The van der Waals surface area contributed by atoms with Gasteiger partial charge in [0.05, 0.1) is 26.4 Å². The maximum absolute atomic E-state index is 13.0. The second kappa shape index (κ2) is 58.2. The summed E-state index contributed by atoms with van der Waals surface area (Å²) in [5.74, 6) is 0.0828. The molecule has 0 aliphatic rings. The van der Waals surface area contributed by atoms with Crippen molar-refractivity contribution < 1.29 is 80.2 Å². The largest absolute Gasteiger partial charge is 0.472 e. The van der Waals surface area contributed by atoms with Gasteiger partial charge < -0.3 is 33.8 Å². The Morgan fingerprint density at radius 1 is 0.314 bits per heavy atom. The molecule has 0 radical (unpaired) electrons. The summed E-state index contributed by atoms with van der Waals surface area (Å²) in [7, 11) is -9.89. The number of carbonyl (C=O) groups excluding carboxylic acids is 4. The number of esters is 4. The van der Waals surface area contributed by atoms with Crippen molar-refractivity contribution in [2.75, 3.05) is 39.6 Å². The van der Waals surface area contributed by atoms with Crippen LogP contribution in [0.25, 0.3) is 0 Å². The van der Waals surface area contributed by atoms with Crippen LogP contribution >= 0.6 is 15.6 Å². The topological polar surface area (TPSA) is 237 Å². The Labute approximate surface area is 524 Å². The summed E-state index contributed by atoms with van der Waals surface area (Å²) in [6, 6.07) is 0. The van der Waals surface area contributed by atoms with E-state index in [1.165, 1.54) is 141 Å². The molecule has 86 heavy (non-hydrogen) atoms. The fraction of sp³-hybridized carbons (Fsp3) is 0.940. The molecule has 5 atom stereocenters. The van der Waals surface area contributed by atoms with Crippen molar-refractivity contribution in [1.29, 1.82) is 0 Å². The molecule has 0 amide bonds. The molecule has 3 N–H and O–H groups in total. The Morgan fingerprint density at radius 3 is 0.791 bits per heavy atom. The zero-order valence-corrected chi connectivity index (χ0v) is 57.6. The quantitative estimate of drug-likeness (QED) is 0.0222. The number of phosphoric ester groups is 2. The molecule has 2 unspecified atom stereocenters. The second-order valence-electron chi connectivity index (χ2n) is 25.6. The van der Waals surface area contributed by atoms with E-state index in [9.17, 15) is 43.2 Å². The van der Waals surface area contributed by atoms with Crippen LogP contribution in [0, 0.1) is 17.8 Å². The van der Waals surface area contributed by atoms with Crippen molar-refractivity contribution in [3.8, 4) is 0 Å². The lowest BCUT2D eigenvalue weighted by Crippen LogP contribution is -2.30. The molecular formula is C67H130O17P2. The lowest BCUT2D eigenvalue weighted by molar-refractivity contribution is -0.161. The summed E-state index contributed by atoms with van der Waals surface area (Å²) in [6.45, 7) is 11.7. The Balaban J connectivity index is 5.24. The van der Waals surface area contributed by atoms with Crippen molar-refractivity contribution in [2.45, 2.75) is 349 Å². The van der Waals surface area contributed by atoms with Gasteiger partial charge in [-0.3, -0.25) is 37.3 Å². The van der Waals surface area contributed by atoms with E-state index in [0.717, 1.165) is 102 Å². The zero-order valence-electron chi connectivity index (χ0n) is 55.8. The van der Waals surface area contributed by atoms with Gasteiger partial charge in [-0.2, -0.15) is 0 Å². The molecule has 0 aromatic carbocycles. The predicted octanol–water partition coefficient (Wildman–Crippen LogP) is 18.7. The molecule has 0 aromatic rings. The minimum Gasteiger partial charge on any atom is -0.462 e. The van der Waals surface area contributed by atoms with Crippen molar-refractivity contribution >= 4 is 39.5 Å². The van der Waals surface area contributed by atoms with Gasteiger partial charge in [-0.1, -0.05) is 280 Å². The summed E-state index contributed by atoms with van der Waals surface area (Å²) >= 11 is 0. The van der Waals surface area contributed by atoms with Crippen molar-refractivity contribution in [2.24, 2.45) is 17.8 Å². The first kappa shape index (κ1) is 84.1. The normalized spacial score (nSPS) is 14.3. The number of rotatable bonds is 65. The van der Waals surface area contributed by atoms with Crippen LogP contribution in [0.15, 0.2) is 0 Å². The maximum Gasteiger partial charge on any atom is 0.472 e. The minimum absolute atomic E-state index is 0.103. The number of aliphatic hydroxyl groups is 1. The second-order valence-corrected chi connectivity index (χ2v) is 28.5. The van der Waals surface area contributed by atoms with E-state index in [0.29, 0.717) is 31.6 Å². The number of carbonyl (C=O) groups is 4. The van der Waals surface area contributed by atoms with Crippen LogP contribution in [0.4, 0.5) is 0 Å². The summed E-state index contributed by atoms with van der Waals surface area (Å²) in [5.41, 5.74) is 0. The van der Waals surface area contributed by atoms with Gasteiger partial charge in [0.1, 0.15) is 19.3 Å². The smallest absolute Gasteiger partial charge is 0.462 e. The first-order valence-corrected chi connectivity index (χ1v) is 37.8. The number of hydrogen-bond acceptors (Lipinski definition) is 15. The van der Waals surface area contributed by atoms with Gasteiger partial charge >= 0.3 is 39.5 Å². The molecule has 0 rings (SSSR count). The fourth-order valence-corrected chi connectivity index (χ4v) is 11.6. The molecule has 17 nitrogen and oxygen atoms in total. The minimum atomic E-state index is -4.95. The number of aliphatic hydroxyl groups excluding tert-OH is 1. The summed E-state index contributed by atoms with van der Waals surface area (Å²) in [5, 5.41) is 10.6. The van der Waals surface area contributed by atoms with Crippen LogP contribution in [0.3, 0.4) is 0 Å². The lowest BCUT2D eigenvalue weighted by Gasteiger charge is -2.21. The molecule has 0 saturated heterocycles. The van der Waals surface area contributed by atoms with Crippen molar-refractivity contribution in [1.82, 2.24) is 0 Å². The number of ether oxygens (including phenoxy) is 4. The third-order valence-electron chi connectivity index (χ3n) is 15.4. The molecule has 0 fully saturated rings. The Bertz CT molecular complexity index is 1700. The van der Waals surface area contributed by atoms with E-state index in [1.807, 2.05) is 0 Å². The fourth-order valence-electron chi connectivity index (χ4n) is 10.0. The number of hydrogen-bond donors (Lipinski definition) is 3. The van der Waals surface area contributed by atoms with Gasteiger partial charge in [-0.25, -0.2) is 9.13 Å². The first-order valence-electron chi connectivity index (χ1n) is 34.8. The van der Waals surface area contributed by atoms with Crippen LogP contribution in [-0.4, -0.2) is 96.7 Å². The summed E-state index contributed by atoms with van der Waals surface area (Å²) in [4.78, 5) is 72.3. The van der Waals surface area contributed by atoms with Gasteiger partial charge in [0, 0.05) is 25.7 Å². The number of phosphoric acid groups is 2. The third-order valence-corrected chi connectivity index (χ3v) is 17.3. The highest BCUT2D eigenvalue weighted by Crippen LogP contribution is 2.45.